The second-order valence-electron chi connectivity index (χ2n) is 3.24. The number of halogens is 3. The van der Waals surface area contributed by atoms with Crippen molar-refractivity contribution < 1.29 is 13.2 Å². The lowest BCUT2D eigenvalue weighted by molar-refractivity contribution is -0.128. The summed E-state index contributed by atoms with van der Waals surface area (Å²) in [4.78, 5) is 0. The van der Waals surface area contributed by atoms with Crippen LogP contribution in [0.4, 0.5) is 13.2 Å². The van der Waals surface area contributed by atoms with Gasteiger partial charge >= 0.3 is 6.18 Å². The van der Waals surface area contributed by atoms with Crippen LogP contribution < -0.4 is 5.32 Å². The van der Waals surface area contributed by atoms with Crippen LogP contribution in [0.25, 0.3) is 0 Å². The Labute approximate surface area is 71.3 Å². The van der Waals surface area contributed by atoms with Crippen LogP contribution in [0.15, 0.2) is 0 Å². The van der Waals surface area contributed by atoms with E-state index in [4.69, 9.17) is 0 Å². The minimum atomic E-state index is -4.11. The van der Waals surface area contributed by atoms with Crippen molar-refractivity contribution in [1.82, 2.24) is 5.32 Å². The Hall–Kier alpha value is -0.250. The normalized spacial score (nSPS) is 13.5. The average Bonchev–Trinajstić information content (AvgIpc) is 1.99. The summed E-state index contributed by atoms with van der Waals surface area (Å²) in [6.07, 6.45) is -2.69. The monoisotopic (exact) mass is 183 g/mol. The molecule has 0 radical (unpaired) electrons. The fraction of sp³-hybridized carbons (Fsp3) is 1.00. The molecule has 0 aromatic heterocycles. The van der Waals surface area contributed by atoms with Crippen molar-refractivity contribution >= 4 is 0 Å². The maximum Gasteiger partial charge on any atom is 0.401 e. The van der Waals surface area contributed by atoms with Gasteiger partial charge in [-0.05, 0) is 19.8 Å². The van der Waals surface area contributed by atoms with E-state index in [0.717, 1.165) is 0 Å². The second-order valence-corrected chi connectivity index (χ2v) is 3.24. The molecule has 0 saturated heterocycles. The van der Waals surface area contributed by atoms with Gasteiger partial charge in [0.25, 0.3) is 0 Å². The first-order valence-corrected chi connectivity index (χ1v) is 4.15. The Morgan fingerprint density at radius 2 is 1.50 bits per heavy atom. The van der Waals surface area contributed by atoms with Crippen molar-refractivity contribution in [3.63, 3.8) is 0 Å². The molecule has 0 bridgehead atoms. The second kappa shape index (κ2) is 4.12. The number of alkyl halides is 3. The predicted octanol–water partition coefficient (Wildman–Crippen LogP) is 2.72. The van der Waals surface area contributed by atoms with E-state index in [1.54, 1.807) is 6.92 Å². The zero-order valence-corrected chi connectivity index (χ0v) is 7.76. The summed E-state index contributed by atoms with van der Waals surface area (Å²) in [7, 11) is 0. The highest BCUT2D eigenvalue weighted by atomic mass is 19.4. The molecule has 0 fully saturated rings. The fourth-order valence-electron chi connectivity index (χ4n) is 0.814. The van der Waals surface area contributed by atoms with Crippen molar-refractivity contribution in [2.24, 2.45) is 0 Å². The summed E-state index contributed by atoms with van der Waals surface area (Å²) < 4.78 is 35.4. The number of hydrogen-bond acceptors (Lipinski definition) is 1. The van der Waals surface area contributed by atoms with E-state index in [9.17, 15) is 13.2 Å². The van der Waals surface area contributed by atoms with Gasteiger partial charge in [-0.25, -0.2) is 0 Å². The van der Waals surface area contributed by atoms with E-state index in [1.807, 2.05) is 13.8 Å². The van der Waals surface area contributed by atoms with Crippen molar-refractivity contribution in [2.45, 2.75) is 45.3 Å². The molecule has 1 N–H and O–H groups in total. The summed E-state index contributed by atoms with van der Waals surface area (Å²) in [5.41, 5.74) is -0.379. The molecule has 0 aromatic rings. The number of nitrogens with one attached hydrogen (secondary N) is 1. The van der Waals surface area contributed by atoms with Crippen molar-refractivity contribution in [1.29, 1.82) is 0 Å². The van der Waals surface area contributed by atoms with Crippen LogP contribution in [0.1, 0.15) is 33.6 Å². The van der Waals surface area contributed by atoms with Gasteiger partial charge in [-0.1, -0.05) is 13.8 Å². The lowest BCUT2D eigenvalue weighted by atomic mass is 9.96. The van der Waals surface area contributed by atoms with E-state index in [2.05, 4.69) is 5.32 Å². The van der Waals surface area contributed by atoms with Gasteiger partial charge in [-0.3, -0.25) is 0 Å². The fourth-order valence-corrected chi connectivity index (χ4v) is 0.814. The van der Waals surface area contributed by atoms with Crippen molar-refractivity contribution in [3.8, 4) is 0 Å². The Kier molecular flexibility index (Phi) is 4.03. The van der Waals surface area contributed by atoms with Crippen LogP contribution in [0.5, 0.6) is 0 Å². The number of rotatable bonds is 4. The third-order valence-corrected chi connectivity index (χ3v) is 2.28. The van der Waals surface area contributed by atoms with Gasteiger partial charge in [-0.15, -0.1) is 0 Å². The highest BCUT2D eigenvalue weighted by Gasteiger charge is 2.30. The Morgan fingerprint density at radius 3 is 1.75 bits per heavy atom. The molecule has 0 amide bonds. The summed E-state index contributed by atoms with van der Waals surface area (Å²) in [5.74, 6) is 0. The summed E-state index contributed by atoms with van der Waals surface area (Å²) in [5, 5.41) is 2.51. The van der Waals surface area contributed by atoms with E-state index in [0.29, 0.717) is 12.8 Å². The van der Waals surface area contributed by atoms with Crippen LogP contribution in [-0.2, 0) is 0 Å². The maximum atomic E-state index is 11.8. The zero-order chi connectivity index (χ0) is 9.83. The van der Waals surface area contributed by atoms with Crippen molar-refractivity contribution in [2.75, 3.05) is 6.54 Å². The standard InChI is InChI=1S/C8H16F3N/c1-4-7(3,5-2)12-6-8(9,10)11/h12H,4-6H2,1-3H3. The smallest absolute Gasteiger partial charge is 0.303 e. The van der Waals surface area contributed by atoms with Gasteiger partial charge in [0.1, 0.15) is 0 Å². The lowest BCUT2D eigenvalue weighted by Gasteiger charge is -2.28. The van der Waals surface area contributed by atoms with E-state index in [1.165, 1.54) is 0 Å². The Morgan fingerprint density at radius 1 is 1.08 bits per heavy atom. The van der Waals surface area contributed by atoms with Gasteiger partial charge in [-0.2, -0.15) is 13.2 Å². The molecular formula is C8H16F3N. The van der Waals surface area contributed by atoms with Crippen LogP contribution >= 0.6 is 0 Å². The first kappa shape index (κ1) is 11.8. The van der Waals surface area contributed by atoms with Gasteiger partial charge in [0.15, 0.2) is 0 Å². The first-order chi connectivity index (χ1) is 5.33. The topological polar surface area (TPSA) is 12.0 Å². The average molecular weight is 183 g/mol. The van der Waals surface area contributed by atoms with Crippen LogP contribution in [0.2, 0.25) is 0 Å². The maximum absolute atomic E-state index is 11.8. The highest BCUT2D eigenvalue weighted by molar-refractivity contribution is 4.80. The van der Waals surface area contributed by atoms with Crippen LogP contribution in [-0.4, -0.2) is 18.3 Å². The first-order valence-electron chi connectivity index (χ1n) is 4.15. The van der Waals surface area contributed by atoms with Gasteiger partial charge in [0, 0.05) is 5.54 Å². The van der Waals surface area contributed by atoms with Crippen LogP contribution in [0, 0.1) is 0 Å². The number of hydrogen-bond donors (Lipinski definition) is 1. The minimum absolute atomic E-state index is 0.379. The predicted molar refractivity (Wildman–Crippen MR) is 43.0 cm³/mol. The van der Waals surface area contributed by atoms with E-state index >= 15 is 0 Å². The molecule has 74 valence electrons. The molecule has 12 heavy (non-hydrogen) atoms. The third-order valence-electron chi connectivity index (χ3n) is 2.28. The molecule has 0 spiro atoms. The quantitative estimate of drug-likeness (QED) is 0.706. The largest absolute Gasteiger partial charge is 0.401 e. The van der Waals surface area contributed by atoms with Gasteiger partial charge < -0.3 is 5.32 Å². The SMILES string of the molecule is CCC(C)(CC)NCC(F)(F)F. The molecule has 0 aromatic carbocycles. The Balaban J connectivity index is 3.89. The molecule has 0 aliphatic carbocycles. The molecule has 0 unspecified atom stereocenters. The third kappa shape index (κ3) is 4.59. The van der Waals surface area contributed by atoms with Crippen molar-refractivity contribution in [3.05, 3.63) is 0 Å². The van der Waals surface area contributed by atoms with E-state index < -0.39 is 12.7 Å². The molecule has 1 nitrogen and oxygen atoms in total. The summed E-state index contributed by atoms with van der Waals surface area (Å²) in [6, 6.07) is 0. The molecule has 0 saturated carbocycles. The van der Waals surface area contributed by atoms with Crippen LogP contribution in [0.3, 0.4) is 0 Å². The van der Waals surface area contributed by atoms with E-state index in [-0.39, 0.29) is 5.54 Å². The highest BCUT2D eigenvalue weighted by Crippen LogP contribution is 2.18. The molecule has 0 atom stereocenters. The molecule has 0 heterocycles. The molecule has 0 aliphatic rings. The lowest BCUT2D eigenvalue weighted by Crippen LogP contribution is -2.45. The Bertz CT molecular complexity index is 127. The molecule has 0 aliphatic heterocycles. The molecular weight excluding hydrogens is 167 g/mol. The van der Waals surface area contributed by atoms with Gasteiger partial charge in [0.2, 0.25) is 0 Å². The summed E-state index contributed by atoms with van der Waals surface area (Å²) >= 11 is 0. The van der Waals surface area contributed by atoms with Gasteiger partial charge in [0.05, 0.1) is 6.54 Å². The minimum Gasteiger partial charge on any atom is -0.303 e. The molecule has 4 heteroatoms. The summed E-state index contributed by atoms with van der Waals surface area (Å²) in [6.45, 7) is 4.67. The zero-order valence-electron chi connectivity index (χ0n) is 7.76. The molecule has 0 rings (SSSR count).